The Hall–Kier alpha value is -1.24. The van der Waals surface area contributed by atoms with Gasteiger partial charge >= 0.3 is 0 Å². The largest absolute Gasteiger partial charge is 0.530 e. The lowest BCUT2D eigenvalue weighted by molar-refractivity contribution is -0.308. The summed E-state index contributed by atoms with van der Waals surface area (Å²) in [6.45, 7) is 5.67. The number of hydrogen-bond acceptors (Lipinski definition) is 3. The molecule has 0 radical (unpaired) electrons. The Morgan fingerprint density at radius 1 is 1.44 bits per heavy atom. The van der Waals surface area contributed by atoms with Crippen LogP contribution in [0.1, 0.15) is 46.5 Å². The van der Waals surface area contributed by atoms with Crippen LogP contribution in [-0.2, 0) is 0 Å². The summed E-state index contributed by atoms with van der Waals surface area (Å²) in [4.78, 5) is 12.7. The second-order valence-electron chi connectivity index (χ2n) is 6.36. The maximum absolute atomic E-state index is 11.2. The van der Waals surface area contributed by atoms with Crippen molar-refractivity contribution in [2.45, 2.75) is 57.5 Å². The lowest BCUT2D eigenvalue weighted by Gasteiger charge is -2.76. The number of amides is 1. The van der Waals surface area contributed by atoms with Crippen LogP contribution in [0.5, 0.6) is 0 Å². The first kappa shape index (κ1) is 11.3. The zero-order valence-electron chi connectivity index (χ0n) is 10.0. The summed E-state index contributed by atoms with van der Waals surface area (Å²) in [6, 6.07) is 2.19. The topological polar surface area (TPSA) is 67.2 Å². The summed E-state index contributed by atoms with van der Waals surface area (Å²) in [6.07, 6.45) is 1.97. The molecule has 0 aromatic carbocycles. The van der Waals surface area contributed by atoms with Crippen LogP contribution in [0.3, 0.4) is 0 Å². The van der Waals surface area contributed by atoms with Crippen LogP contribution in [0.2, 0.25) is 0 Å². The van der Waals surface area contributed by atoms with Gasteiger partial charge in [-0.25, -0.2) is 0 Å². The minimum Gasteiger partial charge on any atom is -0.530 e. The molecule has 3 fully saturated rings. The van der Waals surface area contributed by atoms with Crippen LogP contribution in [0.25, 0.3) is 0 Å². The zero-order chi connectivity index (χ0) is 12.2. The lowest BCUT2D eigenvalue weighted by Crippen LogP contribution is -2.79. The van der Waals surface area contributed by atoms with Crippen LogP contribution < -0.4 is 5.11 Å². The Morgan fingerprint density at radius 3 is 2.25 bits per heavy atom. The van der Waals surface area contributed by atoms with Gasteiger partial charge < -0.3 is 14.8 Å². The molecule has 0 atom stereocenters. The van der Waals surface area contributed by atoms with Gasteiger partial charge in [-0.15, -0.1) is 0 Å². The number of carbonyl (C=O) groups is 1. The molecule has 2 bridgehead atoms. The predicted octanol–water partition coefficient (Wildman–Crippen LogP) is 1.27. The van der Waals surface area contributed by atoms with Crippen LogP contribution in [-0.4, -0.2) is 22.1 Å². The van der Waals surface area contributed by atoms with E-state index in [1.165, 1.54) is 4.90 Å². The number of nitriles is 1. The minimum atomic E-state index is -1.09. The molecule has 16 heavy (non-hydrogen) atoms. The molecule has 0 heterocycles. The standard InChI is InChI=1S/C12H18N2O2/c1-10(2,3)14(9(15)16)12-6-11(7-12,8-12)4-5-13/h4,6-8H2,1-3H3,(H,15,16)/p-1. The monoisotopic (exact) mass is 221 g/mol. The van der Waals surface area contributed by atoms with Crippen LogP contribution >= 0.6 is 0 Å². The van der Waals surface area contributed by atoms with Crippen molar-refractivity contribution in [3.63, 3.8) is 0 Å². The number of rotatable bonds is 2. The SMILES string of the molecule is CC(C)(C)N(C(=O)[O-])C12CC(CC#N)(C1)C2. The van der Waals surface area contributed by atoms with Crippen molar-refractivity contribution >= 4 is 6.09 Å². The number of nitrogens with zero attached hydrogens (tertiary/aromatic N) is 2. The van der Waals surface area contributed by atoms with Gasteiger partial charge in [0.1, 0.15) is 6.09 Å². The van der Waals surface area contributed by atoms with Gasteiger partial charge in [-0.1, -0.05) is 0 Å². The van der Waals surface area contributed by atoms with Gasteiger partial charge in [0.2, 0.25) is 0 Å². The molecule has 1 amide bonds. The quantitative estimate of drug-likeness (QED) is 0.705. The molecule has 0 aromatic heterocycles. The summed E-state index contributed by atoms with van der Waals surface area (Å²) in [7, 11) is 0. The first-order valence-electron chi connectivity index (χ1n) is 5.63. The van der Waals surface area contributed by atoms with E-state index >= 15 is 0 Å². The van der Waals surface area contributed by atoms with Gasteiger partial charge in [0, 0.05) is 17.5 Å². The average molecular weight is 221 g/mol. The molecule has 0 N–H and O–H groups in total. The van der Waals surface area contributed by atoms with Gasteiger partial charge in [-0.05, 0) is 45.4 Å². The Kier molecular flexibility index (Phi) is 2.04. The van der Waals surface area contributed by atoms with E-state index in [4.69, 9.17) is 5.26 Å². The van der Waals surface area contributed by atoms with Crippen molar-refractivity contribution in [1.82, 2.24) is 4.90 Å². The van der Waals surface area contributed by atoms with Crippen molar-refractivity contribution in [2.24, 2.45) is 5.41 Å². The number of carbonyl (C=O) groups excluding carboxylic acids is 1. The van der Waals surface area contributed by atoms with Crippen molar-refractivity contribution in [3.8, 4) is 6.07 Å². The van der Waals surface area contributed by atoms with Crippen molar-refractivity contribution in [2.75, 3.05) is 0 Å². The molecule has 88 valence electrons. The molecule has 3 rings (SSSR count). The van der Waals surface area contributed by atoms with Gasteiger partial charge in [0.05, 0.1) is 6.07 Å². The normalized spacial score (nSPS) is 35.6. The Balaban J connectivity index is 2.11. The molecule has 0 saturated heterocycles. The molecule has 0 unspecified atom stereocenters. The van der Waals surface area contributed by atoms with Gasteiger partial charge in [-0.3, -0.25) is 0 Å². The Bertz CT molecular complexity index is 356. The Labute approximate surface area is 95.9 Å². The average Bonchev–Trinajstić information content (AvgIpc) is 1.94. The minimum absolute atomic E-state index is 0.119. The highest BCUT2D eigenvalue weighted by molar-refractivity contribution is 5.66. The first-order chi connectivity index (χ1) is 7.25. The van der Waals surface area contributed by atoms with Crippen LogP contribution in [0.15, 0.2) is 0 Å². The fourth-order valence-electron chi connectivity index (χ4n) is 3.71. The van der Waals surface area contributed by atoms with Crippen molar-refractivity contribution < 1.29 is 9.90 Å². The van der Waals surface area contributed by atoms with E-state index in [0.29, 0.717) is 6.42 Å². The highest BCUT2D eigenvalue weighted by atomic mass is 16.4. The summed E-state index contributed by atoms with van der Waals surface area (Å²) in [5.41, 5.74) is -0.528. The van der Waals surface area contributed by atoms with Crippen molar-refractivity contribution in [3.05, 3.63) is 0 Å². The summed E-state index contributed by atoms with van der Waals surface area (Å²) < 4.78 is 0. The van der Waals surface area contributed by atoms with Crippen LogP contribution in [0.4, 0.5) is 4.79 Å². The lowest BCUT2D eigenvalue weighted by atomic mass is 9.37. The maximum atomic E-state index is 11.2. The molecule has 0 aliphatic heterocycles. The fourth-order valence-corrected chi connectivity index (χ4v) is 3.71. The molecular weight excluding hydrogens is 204 g/mol. The van der Waals surface area contributed by atoms with E-state index < -0.39 is 11.6 Å². The highest BCUT2D eigenvalue weighted by Crippen LogP contribution is 2.72. The van der Waals surface area contributed by atoms with Gasteiger partial charge in [0.25, 0.3) is 0 Å². The Morgan fingerprint density at radius 2 is 1.94 bits per heavy atom. The third-order valence-electron chi connectivity index (χ3n) is 3.89. The smallest absolute Gasteiger partial charge is 0.137 e. The predicted molar refractivity (Wildman–Crippen MR) is 56.2 cm³/mol. The zero-order valence-corrected chi connectivity index (χ0v) is 10.0. The molecule has 0 spiro atoms. The third kappa shape index (κ3) is 1.31. The van der Waals surface area contributed by atoms with Crippen molar-refractivity contribution in [1.29, 1.82) is 5.26 Å². The molecule has 4 nitrogen and oxygen atoms in total. The van der Waals surface area contributed by atoms with E-state index in [9.17, 15) is 9.90 Å². The highest BCUT2D eigenvalue weighted by Gasteiger charge is 2.71. The molecule has 4 heteroatoms. The molecule has 3 aliphatic rings. The van der Waals surface area contributed by atoms with E-state index in [0.717, 1.165) is 19.3 Å². The molecule has 0 aromatic rings. The van der Waals surface area contributed by atoms with Crippen LogP contribution in [0, 0.1) is 16.7 Å². The van der Waals surface area contributed by atoms with Gasteiger partial charge in [-0.2, -0.15) is 5.26 Å². The number of hydrogen-bond donors (Lipinski definition) is 0. The van der Waals surface area contributed by atoms with E-state index in [1.807, 2.05) is 20.8 Å². The van der Waals surface area contributed by atoms with Gasteiger partial charge in [0.15, 0.2) is 0 Å². The van der Waals surface area contributed by atoms with E-state index in [2.05, 4.69) is 6.07 Å². The number of carboxylic acid groups (broad SMARTS) is 1. The second-order valence-corrected chi connectivity index (χ2v) is 6.36. The molecular formula is C12H17N2O2-. The third-order valence-corrected chi connectivity index (χ3v) is 3.89. The summed E-state index contributed by atoms with van der Waals surface area (Å²) in [5, 5.41) is 19.9. The molecule has 3 aliphatic carbocycles. The summed E-state index contributed by atoms with van der Waals surface area (Å²) >= 11 is 0. The fraction of sp³-hybridized carbons (Fsp3) is 0.833. The molecule has 3 saturated carbocycles. The first-order valence-corrected chi connectivity index (χ1v) is 5.63. The maximum Gasteiger partial charge on any atom is 0.137 e. The van der Waals surface area contributed by atoms with E-state index in [-0.39, 0.29) is 11.0 Å². The summed E-state index contributed by atoms with van der Waals surface area (Å²) in [5.74, 6) is 0. The van der Waals surface area contributed by atoms with E-state index in [1.54, 1.807) is 0 Å². The second kappa shape index (κ2) is 2.91.